The van der Waals surface area contributed by atoms with Crippen LogP contribution in [0, 0.1) is 5.82 Å². The molecule has 1 aromatic rings. The number of nitrogens with two attached hydrogens (primary N) is 1. The zero-order valence-electron chi connectivity index (χ0n) is 8.03. The van der Waals surface area contributed by atoms with Crippen molar-refractivity contribution in [2.45, 2.75) is 17.9 Å². The minimum atomic E-state index is -5.73. The summed E-state index contributed by atoms with van der Waals surface area (Å²) < 4.78 is 87.2. The van der Waals surface area contributed by atoms with Crippen LogP contribution in [-0.2, 0) is 5.54 Å². The lowest BCUT2D eigenvalue weighted by atomic mass is 9.89. The molecule has 0 amide bonds. The van der Waals surface area contributed by atoms with Crippen LogP contribution in [0.3, 0.4) is 0 Å². The normalized spacial score (nSPS) is 13.9. The highest BCUT2D eigenvalue weighted by atomic mass is 19.4. The van der Waals surface area contributed by atoms with Gasteiger partial charge in [-0.1, -0.05) is 12.1 Å². The van der Waals surface area contributed by atoms with E-state index in [1.807, 2.05) is 0 Å². The summed E-state index contributed by atoms with van der Waals surface area (Å²) in [5, 5.41) is 0. The van der Waals surface area contributed by atoms with Crippen molar-refractivity contribution in [2.75, 3.05) is 0 Å². The molecule has 0 aliphatic rings. The van der Waals surface area contributed by atoms with E-state index in [9.17, 15) is 30.7 Å². The molecule has 0 atom stereocenters. The van der Waals surface area contributed by atoms with Gasteiger partial charge in [0.15, 0.2) is 0 Å². The van der Waals surface area contributed by atoms with Crippen molar-refractivity contribution in [3.63, 3.8) is 0 Å². The fraction of sp³-hybridized carbons (Fsp3) is 0.333. The molecule has 0 aliphatic heterocycles. The van der Waals surface area contributed by atoms with Gasteiger partial charge in [0.05, 0.1) is 0 Å². The number of hydrogen-bond acceptors (Lipinski definition) is 1. The molecular weight excluding hydrogens is 255 g/mol. The first-order valence-corrected chi connectivity index (χ1v) is 4.18. The molecule has 0 radical (unpaired) electrons. The van der Waals surface area contributed by atoms with Crippen molar-refractivity contribution in [1.29, 1.82) is 0 Å². The summed E-state index contributed by atoms with van der Waals surface area (Å²) in [5.74, 6) is -0.958. The molecule has 0 spiro atoms. The molecule has 0 bridgehead atoms. The molecule has 0 saturated heterocycles. The maximum Gasteiger partial charge on any atom is 0.419 e. The summed E-state index contributed by atoms with van der Waals surface area (Å²) in [7, 11) is 0. The number of halogens is 7. The Bertz CT molecular complexity index is 375. The van der Waals surface area contributed by atoms with Gasteiger partial charge in [0.2, 0.25) is 5.54 Å². The second-order valence-corrected chi connectivity index (χ2v) is 3.31. The lowest BCUT2D eigenvalue weighted by Gasteiger charge is -2.33. The third-order valence-electron chi connectivity index (χ3n) is 2.19. The van der Waals surface area contributed by atoms with Crippen molar-refractivity contribution >= 4 is 0 Å². The van der Waals surface area contributed by atoms with Crippen LogP contribution in [-0.4, -0.2) is 12.4 Å². The fourth-order valence-electron chi connectivity index (χ4n) is 1.20. The molecular formula is C9H6F7N. The Labute approximate surface area is 91.0 Å². The molecule has 8 heteroatoms. The van der Waals surface area contributed by atoms with Crippen LogP contribution in [0.2, 0.25) is 0 Å². The predicted molar refractivity (Wildman–Crippen MR) is 44.4 cm³/mol. The molecule has 0 saturated carbocycles. The van der Waals surface area contributed by atoms with Gasteiger partial charge < -0.3 is 5.73 Å². The molecule has 2 N–H and O–H groups in total. The van der Waals surface area contributed by atoms with E-state index in [1.54, 1.807) is 0 Å². The van der Waals surface area contributed by atoms with Crippen molar-refractivity contribution < 1.29 is 30.7 Å². The molecule has 1 rings (SSSR count). The largest absolute Gasteiger partial charge is 0.419 e. The first kappa shape index (κ1) is 13.8. The van der Waals surface area contributed by atoms with E-state index in [2.05, 4.69) is 5.73 Å². The highest BCUT2D eigenvalue weighted by Crippen LogP contribution is 2.47. The lowest BCUT2D eigenvalue weighted by molar-refractivity contribution is -0.301. The smallest absolute Gasteiger partial charge is 0.306 e. The molecule has 17 heavy (non-hydrogen) atoms. The van der Waals surface area contributed by atoms with Gasteiger partial charge in [-0.25, -0.2) is 4.39 Å². The van der Waals surface area contributed by atoms with E-state index in [0.29, 0.717) is 24.3 Å². The van der Waals surface area contributed by atoms with Crippen LogP contribution in [0.1, 0.15) is 5.56 Å². The summed E-state index contributed by atoms with van der Waals surface area (Å²) in [6.07, 6.45) is -11.5. The van der Waals surface area contributed by atoms with Crippen molar-refractivity contribution in [2.24, 2.45) is 5.73 Å². The first-order chi connectivity index (χ1) is 7.50. The first-order valence-electron chi connectivity index (χ1n) is 4.18. The van der Waals surface area contributed by atoms with E-state index >= 15 is 0 Å². The van der Waals surface area contributed by atoms with Crippen LogP contribution in [0.25, 0.3) is 0 Å². The summed E-state index contributed by atoms with van der Waals surface area (Å²) in [4.78, 5) is 0. The molecule has 96 valence electrons. The monoisotopic (exact) mass is 261 g/mol. The van der Waals surface area contributed by atoms with E-state index in [4.69, 9.17) is 0 Å². The minimum Gasteiger partial charge on any atom is -0.306 e. The molecule has 0 aromatic heterocycles. The number of hydrogen-bond donors (Lipinski definition) is 1. The van der Waals surface area contributed by atoms with Crippen LogP contribution >= 0.6 is 0 Å². The second kappa shape index (κ2) is 3.86. The van der Waals surface area contributed by atoms with Gasteiger partial charge >= 0.3 is 12.4 Å². The molecule has 0 heterocycles. The van der Waals surface area contributed by atoms with Gasteiger partial charge in [-0.3, -0.25) is 0 Å². The van der Waals surface area contributed by atoms with Crippen LogP contribution in [0.4, 0.5) is 30.7 Å². The number of benzene rings is 1. The summed E-state index contributed by atoms with van der Waals surface area (Å²) >= 11 is 0. The lowest BCUT2D eigenvalue weighted by Crippen LogP contribution is -2.60. The molecule has 0 unspecified atom stereocenters. The topological polar surface area (TPSA) is 26.0 Å². The van der Waals surface area contributed by atoms with Crippen molar-refractivity contribution in [1.82, 2.24) is 0 Å². The van der Waals surface area contributed by atoms with Gasteiger partial charge in [-0.2, -0.15) is 26.3 Å². The number of alkyl halides is 6. The fourth-order valence-corrected chi connectivity index (χ4v) is 1.20. The zero-order chi connectivity index (χ0) is 13.5. The maximum atomic E-state index is 12.5. The molecule has 1 nitrogen and oxygen atoms in total. The van der Waals surface area contributed by atoms with E-state index < -0.39 is 29.3 Å². The third kappa shape index (κ3) is 2.21. The highest BCUT2D eigenvalue weighted by Gasteiger charge is 2.69. The Morgan fingerprint density at radius 3 is 1.41 bits per heavy atom. The maximum absolute atomic E-state index is 12.5. The average Bonchev–Trinajstić information content (AvgIpc) is 2.14. The SMILES string of the molecule is NC(c1ccc(F)cc1)(C(F)(F)F)C(F)(F)F. The summed E-state index contributed by atoms with van der Waals surface area (Å²) in [6, 6.07) is 1.68. The van der Waals surface area contributed by atoms with Gasteiger partial charge in [0.25, 0.3) is 0 Å². The third-order valence-corrected chi connectivity index (χ3v) is 2.19. The Balaban J connectivity index is 3.41. The van der Waals surface area contributed by atoms with Crippen molar-refractivity contribution in [3.05, 3.63) is 35.6 Å². The van der Waals surface area contributed by atoms with Crippen LogP contribution in [0.15, 0.2) is 24.3 Å². The molecule has 0 fully saturated rings. The molecule has 0 aliphatic carbocycles. The second-order valence-electron chi connectivity index (χ2n) is 3.31. The van der Waals surface area contributed by atoms with E-state index in [1.165, 1.54) is 0 Å². The van der Waals surface area contributed by atoms with Crippen LogP contribution < -0.4 is 5.73 Å². The average molecular weight is 261 g/mol. The van der Waals surface area contributed by atoms with Crippen LogP contribution in [0.5, 0.6) is 0 Å². The standard InChI is InChI=1S/C9H6F7N/c10-6-3-1-5(2-4-6)7(17,8(11,12)13)9(14,15)16/h1-4H,17H2. The highest BCUT2D eigenvalue weighted by molar-refractivity contribution is 5.28. The predicted octanol–water partition coefficient (Wildman–Crippen LogP) is 3.10. The van der Waals surface area contributed by atoms with Gasteiger partial charge in [-0.15, -0.1) is 0 Å². The van der Waals surface area contributed by atoms with Crippen molar-refractivity contribution in [3.8, 4) is 0 Å². The quantitative estimate of drug-likeness (QED) is 0.772. The van der Waals surface area contributed by atoms with Gasteiger partial charge in [0, 0.05) is 0 Å². The Kier molecular flexibility index (Phi) is 3.13. The summed E-state index contributed by atoms with van der Waals surface area (Å²) in [6.45, 7) is 0. The number of rotatable bonds is 1. The minimum absolute atomic E-state index is 0.357. The van der Waals surface area contributed by atoms with Gasteiger partial charge in [0.1, 0.15) is 5.82 Å². The van der Waals surface area contributed by atoms with E-state index in [-0.39, 0.29) is 0 Å². The summed E-state index contributed by atoms with van der Waals surface area (Å²) in [5.41, 5.74) is -1.32. The van der Waals surface area contributed by atoms with Gasteiger partial charge in [-0.05, 0) is 17.7 Å². The Morgan fingerprint density at radius 2 is 1.12 bits per heavy atom. The Hall–Kier alpha value is -1.31. The zero-order valence-corrected chi connectivity index (χ0v) is 8.03. The Morgan fingerprint density at radius 1 is 0.765 bits per heavy atom. The molecule has 1 aromatic carbocycles. The van der Waals surface area contributed by atoms with E-state index in [0.717, 1.165) is 0 Å².